The molecule has 1 aromatic heterocycles. The summed E-state index contributed by atoms with van der Waals surface area (Å²) in [5, 5.41) is 3.57. The van der Waals surface area contributed by atoms with Crippen LogP contribution >= 0.6 is 27.7 Å². The number of halogens is 1. The number of rotatable bonds is 3. The van der Waals surface area contributed by atoms with Crippen LogP contribution in [0.5, 0.6) is 0 Å². The standard InChI is InChI=1S/C12H15BrN2OS/c13-11-7-9(4-5-14-11)12(16)15-8-10-3-1-2-6-17-10/h4-5,7,10H,1-3,6,8H2,(H,15,16). The van der Waals surface area contributed by atoms with Gasteiger partial charge in [-0.1, -0.05) is 6.42 Å². The molecule has 1 amide bonds. The SMILES string of the molecule is O=C(NCC1CCCCS1)c1ccnc(Br)c1. The van der Waals surface area contributed by atoms with E-state index in [-0.39, 0.29) is 5.91 Å². The Kier molecular flexibility index (Phi) is 4.86. The Labute approximate surface area is 114 Å². The molecule has 1 fully saturated rings. The van der Waals surface area contributed by atoms with Gasteiger partial charge in [-0.25, -0.2) is 4.98 Å². The van der Waals surface area contributed by atoms with E-state index in [2.05, 4.69) is 26.2 Å². The van der Waals surface area contributed by atoms with E-state index in [0.29, 0.717) is 15.4 Å². The molecule has 1 aliphatic heterocycles. The monoisotopic (exact) mass is 314 g/mol. The minimum absolute atomic E-state index is 0.0146. The largest absolute Gasteiger partial charge is 0.351 e. The van der Waals surface area contributed by atoms with Gasteiger partial charge in [0, 0.05) is 23.6 Å². The normalized spacial score (nSPS) is 19.9. The second-order valence-electron chi connectivity index (χ2n) is 4.07. The van der Waals surface area contributed by atoms with Crippen LogP contribution in [0.1, 0.15) is 29.6 Å². The molecule has 1 unspecified atom stereocenters. The number of nitrogens with zero attached hydrogens (tertiary/aromatic N) is 1. The van der Waals surface area contributed by atoms with Crippen molar-refractivity contribution in [1.29, 1.82) is 0 Å². The topological polar surface area (TPSA) is 42.0 Å². The van der Waals surface area contributed by atoms with E-state index in [0.717, 1.165) is 6.54 Å². The van der Waals surface area contributed by atoms with E-state index in [1.807, 2.05) is 11.8 Å². The first-order valence-electron chi connectivity index (χ1n) is 5.77. The third-order valence-corrected chi connectivity index (χ3v) is 4.58. The zero-order chi connectivity index (χ0) is 12.1. The van der Waals surface area contributed by atoms with E-state index in [9.17, 15) is 4.79 Å². The number of pyridine rings is 1. The lowest BCUT2D eigenvalue weighted by molar-refractivity contribution is 0.0953. The smallest absolute Gasteiger partial charge is 0.251 e. The maximum atomic E-state index is 11.9. The van der Waals surface area contributed by atoms with Gasteiger partial charge < -0.3 is 5.32 Å². The Hall–Kier alpha value is -0.550. The average molecular weight is 315 g/mol. The van der Waals surface area contributed by atoms with Gasteiger partial charge >= 0.3 is 0 Å². The van der Waals surface area contributed by atoms with Crippen molar-refractivity contribution in [2.24, 2.45) is 0 Å². The predicted octanol–water partition coefficient (Wildman–Crippen LogP) is 2.86. The number of amides is 1. The van der Waals surface area contributed by atoms with Crippen molar-refractivity contribution < 1.29 is 4.79 Å². The van der Waals surface area contributed by atoms with Gasteiger partial charge in [-0.2, -0.15) is 11.8 Å². The Morgan fingerprint density at radius 3 is 3.18 bits per heavy atom. The first-order valence-corrected chi connectivity index (χ1v) is 7.61. The van der Waals surface area contributed by atoms with E-state index in [4.69, 9.17) is 0 Å². The van der Waals surface area contributed by atoms with E-state index < -0.39 is 0 Å². The molecule has 2 rings (SSSR count). The van der Waals surface area contributed by atoms with Gasteiger partial charge in [0.25, 0.3) is 5.91 Å². The summed E-state index contributed by atoms with van der Waals surface area (Å²) < 4.78 is 0.692. The lowest BCUT2D eigenvalue weighted by Crippen LogP contribution is -2.31. The average Bonchev–Trinajstić information content (AvgIpc) is 2.37. The van der Waals surface area contributed by atoms with Gasteiger partial charge in [-0.05, 0) is 46.7 Å². The van der Waals surface area contributed by atoms with Gasteiger partial charge in [-0.15, -0.1) is 0 Å². The van der Waals surface area contributed by atoms with Crippen LogP contribution in [-0.4, -0.2) is 28.4 Å². The molecule has 92 valence electrons. The van der Waals surface area contributed by atoms with E-state index in [1.54, 1.807) is 18.3 Å². The summed E-state index contributed by atoms with van der Waals surface area (Å²) >= 11 is 5.23. The van der Waals surface area contributed by atoms with Crippen LogP contribution in [0, 0.1) is 0 Å². The molecule has 1 atom stereocenters. The molecule has 0 aliphatic carbocycles. The molecule has 0 spiro atoms. The summed E-state index contributed by atoms with van der Waals surface area (Å²) in [5.41, 5.74) is 0.660. The van der Waals surface area contributed by atoms with Crippen molar-refractivity contribution in [3.05, 3.63) is 28.5 Å². The zero-order valence-corrected chi connectivity index (χ0v) is 11.9. The van der Waals surface area contributed by atoms with Crippen LogP contribution in [0.15, 0.2) is 22.9 Å². The molecule has 0 radical (unpaired) electrons. The molecule has 3 nitrogen and oxygen atoms in total. The minimum Gasteiger partial charge on any atom is -0.351 e. The van der Waals surface area contributed by atoms with Crippen molar-refractivity contribution in [1.82, 2.24) is 10.3 Å². The Morgan fingerprint density at radius 2 is 2.47 bits per heavy atom. The number of aromatic nitrogens is 1. The summed E-state index contributed by atoms with van der Waals surface area (Å²) in [7, 11) is 0. The molecule has 17 heavy (non-hydrogen) atoms. The Morgan fingerprint density at radius 1 is 1.59 bits per heavy atom. The predicted molar refractivity (Wildman–Crippen MR) is 74.4 cm³/mol. The van der Waals surface area contributed by atoms with E-state index in [1.165, 1.54) is 25.0 Å². The van der Waals surface area contributed by atoms with Crippen molar-refractivity contribution in [3.8, 4) is 0 Å². The number of carbonyl (C=O) groups excluding carboxylic acids is 1. The second kappa shape index (κ2) is 6.40. The van der Waals surface area contributed by atoms with Gasteiger partial charge in [0.05, 0.1) is 0 Å². The number of carbonyl (C=O) groups is 1. The number of thioether (sulfide) groups is 1. The van der Waals surface area contributed by atoms with Gasteiger partial charge in [0.2, 0.25) is 0 Å². The maximum Gasteiger partial charge on any atom is 0.251 e. The quantitative estimate of drug-likeness (QED) is 0.872. The molecule has 1 N–H and O–H groups in total. The highest BCUT2D eigenvalue weighted by atomic mass is 79.9. The van der Waals surface area contributed by atoms with Crippen LogP contribution in [0.3, 0.4) is 0 Å². The lowest BCUT2D eigenvalue weighted by Gasteiger charge is -2.21. The highest BCUT2D eigenvalue weighted by Crippen LogP contribution is 2.24. The molecule has 5 heteroatoms. The van der Waals surface area contributed by atoms with Crippen molar-refractivity contribution >= 4 is 33.6 Å². The highest BCUT2D eigenvalue weighted by molar-refractivity contribution is 9.10. The fourth-order valence-corrected chi connectivity index (χ4v) is 3.42. The number of hydrogen-bond donors (Lipinski definition) is 1. The van der Waals surface area contributed by atoms with Crippen molar-refractivity contribution in [2.75, 3.05) is 12.3 Å². The fraction of sp³-hybridized carbons (Fsp3) is 0.500. The molecule has 0 saturated carbocycles. The molecule has 1 aliphatic rings. The minimum atomic E-state index is -0.0146. The van der Waals surface area contributed by atoms with Crippen LogP contribution in [0.4, 0.5) is 0 Å². The summed E-state index contributed by atoms with van der Waals surface area (Å²) in [6, 6.07) is 3.47. The number of nitrogens with one attached hydrogen (secondary N) is 1. The summed E-state index contributed by atoms with van der Waals surface area (Å²) in [5.74, 6) is 1.21. The van der Waals surface area contributed by atoms with Gasteiger partial charge in [0.1, 0.15) is 4.60 Å². The van der Waals surface area contributed by atoms with E-state index >= 15 is 0 Å². The van der Waals surface area contributed by atoms with Crippen LogP contribution in [0.25, 0.3) is 0 Å². The Bertz CT molecular complexity index is 394. The Balaban J connectivity index is 1.84. The van der Waals surface area contributed by atoms with Gasteiger partial charge in [-0.3, -0.25) is 4.79 Å². The van der Waals surface area contributed by atoms with Crippen LogP contribution in [0.2, 0.25) is 0 Å². The third kappa shape index (κ3) is 4.00. The zero-order valence-electron chi connectivity index (χ0n) is 9.49. The molecule has 1 aromatic rings. The molecule has 2 heterocycles. The lowest BCUT2D eigenvalue weighted by atomic mass is 10.2. The molecule has 0 bridgehead atoms. The fourth-order valence-electron chi connectivity index (χ4n) is 1.82. The second-order valence-corrected chi connectivity index (χ2v) is 6.29. The van der Waals surface area contributed by atoms with Crippen molar-refractivity contribution in [3.63, 3.8) is 0 Å². The first-order chi connectivity index (χ1) is 8.25. The highest BCUT2D eigenvalue weighted by Gasteiger charge is 2.15. The summed E-state index contributed by atoms with van der Waals surface area (Å²) in [4.78, 5) is 15.9. The summed E-state index contributed by atoms with van der Waals surface area (Å²) in [6.45, 7) is 0.767. The third-order valence-electron chi connectivity index (χ3n) is 2.75. The maximum absolute atomic E-state index is 11.9. The molecule has 0 aromatic carbocycles. The molecule has 1 saturated heterocycles. The molecular weight excluding hydrogens is 300 g/mol. The van der Waals surface area contributed by atoms with Crippen LogP contribution in [-0.2, 0) is 0 Å². The summed E-state index contributed by atoms with van der Waals surface area (Å²) in [6.07, 6.45) is 5.44. The number of hydrogen-bond acceptors (Lipinski definition) is 3. The molecular formula is C12H15BrN2OS. The van der Waals surface area contributed by atoms with Crippen molar-refractivity contribution in [2.45, 2.75) is 24.5 Å². The van der Waals surface area contributed by atoms with Crippen LogP contribution < -0.4 is 5.32 Å². The first kappa shape index (κ1) is 12.9. The van der Waals surface area contributed by atoms with Gasteiger partial charge in [0.15, 0.2) is 0 Å².